The van der Waals surface area contributed by atoms with E-state index in [2.05, 4.69) is 0 Å². The lowest BCUT2D eigenvalue weighted by Gasteiger charge is -2.19. The lowest BCUT2D eigenvalue weighted by Crippen LogP contribution is -2.23. The molecule has 0 spiro atoms. The van der Waals surface area contributed by atoms with Gasteiger partial charge in [0.15, 0.2) is 5.78 Å². The summed E-state index contributed by atoms with van der Waals surface area (Å²) in [6.45, 7) is 7.34. The Hall–Kier alpha value is -1.90. The molecule has 0 aliphatic carbocycles. The highest BCUT2D eigenvalue weighted by molar-refractivity contribution is 6.02. The van der Waals surface area contributed by atoms with E-state index in [0.717, 1.165) is 0 Å². The third-order valence-corrected chi connectivity index (χ3v) is 2.80. The van der Waals surface area contributed by atoms with Gasteiger partial charge in [0.1, 0.15) is 0 Å². The van der Waals surface area contributed by atoms with E-state index in [1.165, 1.54) is 0 Å². The molecule has 0 aromatic heterocycles. The van der Waals surface area contributed by atoms with Crippen molar-refractivity contribution in [3.8, 4) is 0 Å². The van der Waals surface area contributed by atoms with E-state index >= 15 is 0 Å². The Kier molecular flexibility index (Phi) is 5.04. The smallest absolute Gasteiger partial charge is 0.333 e. The van der Waals surface area contributed by atoms with Crippen LogP contribution in [0, 0.1) is 5.41 Å². The van der Waals surface area contributed by atoms with Crippen molar-refractivity contribution in [1.29, 1.82) is 0 Å². The van der Waals surface area contributed by atoms with Gasteiger partial charge in [0.05, 0.1) is 6.61 Å². The summed E-state index contributed by atoms with van der Waals surface area (Å²) in [7, 11) is 0. The molecule has 3 nitrogen and oxygen atoms in total. The van der Waals surface area contributed by atoms with Crippen molar-refractivity contribution in [1.82, 2.24) is 0 Å². The van der Waals surface area contributed by atoms with E-state index < -0.39 is 5.41 Å². The van der Waals surface area contributed by atoms with Gasteiger partial charge in [-0.1, -0.05) is 36.4 Å². The molecule has 0 atom stereocenters. The molecule has 0 fully saturated rings. The summed E-state index contributed by atoms with van der Waals surface area (Å²) in [5, 5.41) is 0. The van der Waals surface area contributed by atoms with Crippen molar-refractivity contribution in [3.05, 3.63) is 47.5 Å². The molecule has 102 valence electrons. The lowest BCUT2D eigenvalue weighted by molar-refractivity contribution is -0.138. The summed E-state index contributed by atoms with van der Waals surface area (Å²) < 4.78 is 4.92. The Bertz CT molecular complexity index is 484. The molecule has 0 saturated carbocycles. The first-order valence-corrected chi connectivity index (χ1v) is 6.35. The first-order chi connectivity index (χ1) is 8.88. The third-order valence-electron chi connectivity index (χ3n) is 2.80. The molecule has 0 amide bonds. The van der Waals surface area contributed by atoms with Crippen LogP contribution < -0.4 is 0 Å². The van der Waals surface area contributed by atoms with E-state index in [1.807, 2.05) is 18.2 Å². The highest BCUT2D eigenvalue weighted by atomic mass is 16.5. The minimum absolute atomic E-state index is 0.0169. The molecular weight excluding hydrogens is 240 g/mol. The van der Waals surface area contributed by atoms with E-state index in [0.29, 0.717) is 17.7 Å². The Morgan fingerprint density at radius 2 is 1.79 bits per heavy atom. The summed E-state index contributed by atoms with van der Waals surface area (Å²) in [6.07, 6.45) is 1.67. The lowest BCUT2D eigenvalue weighted by atomic mass is 9.82. The molecular formula is C16H20O3. The van der Waals surface area contributed by atoms with Gasteiger partial charge in [0.25, 0.3) is 0 Å². The number of ketones is 1. The van der Waals surface area contributed by atoms with Gasteiger partial charge < -0.3 is 4.74 Å². The van der Waals surface area contributed by atoms with Crippen LogP contribution in [-0.2, 0) is 9.53 Å². The highest BCUT2D eigenvalue weighted by Crippen LogP contribution is 2.25. The van der Waals surface area contributed by atoms with Crippen LogP contribution in [0.1, 0.15) is 38.1 Å². The van der Waals surface area contributed by atoms with Crippen molar-refractivity contribution in [2.24, 2.45) is 5.41 Å². The van der Waals surface area contributed by atoms with Crippen LogP contribution in [0.2, 0.25) is 0 Å². The Morgan fingerprint density at radius 1 is 1.21 bits per heavy atom. The molecule has 0 aliphatic rings. The van der Waals surface area contributed by atoms with E-state index in [-0.39, 0.29) is 11.8 Å². The van der Waals surface area contributed by atoms with Gasteiger partial charge in [0, 0.05) is 16.6 Å². The Morgan fingerprint density at radius 3 is 2.32 bits per heavy atom. The summed E-state index contributed by atoms with van der Waals surface area (Å²) in [4.78, 5) is 24.0. The zero-order chi connectivity index (χ0) is 14.5. The first kappa shape index (κ1) is 15.2. The topological polar surface area (TPSA) is 43.4 Å². The van der Waals surface area contributed by atoms with E-state index in [4.69, 9.17) is 4.74 Å². The number of carbonyl (C=O) groups is 2. The molecule has 0 saturated heterocycles. The molecule has 0 heterocycles. The fraction of sp³-hybridized carbons (Fsp3) is 0.375. The summed E-state index contributed by atoms with van der Waals surface area (Å²) >= 11 is 0. The zero-order valence-corrected chi connectivity index (χ0v) is 11.9. The Labute approximate surface area is 114 Å². The largest absolute Gasteiger partial charge is 0.463 e. The van der Waals surface area contributed by atoms with Crippen LogP contribution in [0.3, 0.4) is 0 Å². The molecule has 1 aromatic rings. The third kappa shape index (κ3) is 4.05. The number of Topliss-reactive ketones (excluding diaryl/α,β-unsaturated/α-hetero) is 1. The molecule has 0 radical (unpaired) electrons. The second-order valence-electron chi connectivity index (χ2n) is 4.96. The zero-order valence-electron chi connectivity index (χ0n) is 11.9. The predicted octanol–water partition coefficient (Wildman–Crippen LogP) is 3.40. The minimum atomic E-state index is -0.738. The quantitative estimate of drug-likeness (QED) is 0.463. The van der Waals surface area contributed by atoms with Crippen molar-refractivity contribution in [3.63, 3.8) is 0 Å². The van der Waals surface area contributed by atoms with Gasteiger partial charge in [-0.3, -0.25) is 4.79 Å². The second-order valence-corrected chi connectivity index (χ2v) is 4.96. The minimum Gasteiger partial charge on any atom is -0.463 e. The molecule has 3 heteroatoms. The van der Waals surface area contributed by atoms with Gasteiger partial charge in [0.2, 0.25) is 0 Å². The predicted molar refractivity (Wildman–Crippen MR) is 74.9 cm³/mol. The molecule has 1 aromatic carbocycles. The molecule has 1 rings (SSSR count). The van der Waals surface area contributed by atoms with Gasteiger partial charge in [-0.05, 0) is 27.7 Å². The van der Waals surface area contributed by atoms with Gasteiger partial charge in [-0.15, -0.1) is 0 Å². The summed E-state index contributed by atoms with van der Waals surface area (Å²) in [5.41, 5.74) is 0.356. The average molecular weight is 260 g/mol. The average Bonchev–Trinajstić information content (AvgIpc) is 2.38. The number of benzene rings is 1. The number of hydrogen-bond donors (Lipinski definition) is 0. The monoisotopic (exact) mass is 260 g/mol. The second kappa shape index (κ2) is 6.32. The number of hydrogen-bond acceptors (Lipinski definition) is 3. The van der Waals surface area contributed by atoms with Crippen LogP contribution in [-0.4, -0.2) is 18.4 Å². The first-order valence-electron chi connectivity index (χ1n) is 6.35. The maximum atomic E-state index is 12.4. The van der Waals surface area contributed by atoms with Crippen LogP contribution in [0.25, 0.3) is 0 Å². The van der Waals surface area contributed by atoms with Crippen molar-refractivity contribution >= 4 is 11.8 Å². The van der Waals surface area contributed by atoms with Gasteiger partial charge in [-0.2, -0.15) is 0 Å². The van der Waals surface area contributed by atoms with Crippen molar-refractivity contribution in [2.75, 3.05) is 6.61 Å². The molecule has 0 aliphatic heterocycles. The van der Waals surface area contributed by atoms with Gasteiger partial charge >= 0.3 is 5.97 Å². The van der Waals surface area contributed by atoms with Crippen molar-refractivity contribution < 1.29 is 14.3 Å². The SMILES string of the molecule is CCOC(=O)C(C)=CC(C)(C)C(=O)c1ccccc1. The highest BCUT2D eigenvalue weighted by Gasteiger charge is 2.27. The van der Waals surface area contributed by atoms with Gasteiger partial charge in [-0.25, -0.2) is 4.79 Å². The number of rotatable bonds is 5. The maximum Gasteiger partial charge on any atom is 0.333 e. The molecule has 0 N–H and O–H groups in total. The summed E-state index contributed by atoms with van der Waals surface area (Å²) in [5.74, 6) is -0.395. The number of carbonyl (C=O) groups excluding carboxylic acids is 2. The van der Waals surface area contributed by atoms with E-state index in [1.54, 1.807) is 45.9 Å². The molecule has 0 unspecified atom stereocenters. The molecule has 0 bridgehead atoms. The molecule has 19 heavy (non-hydrogen) atoms. The maximum absolute atomic E-state index is 12.4. The number of esters is 1. The van der Waals surface area contributed by atoms with Crippen molar-refractivity contribution in [2.45, 2.75) is 27.7 Å². The fourth-order valence-electron chi connectivity index (χ4n) is 1.87. The van der Waals surface area contributed by atoms with E-state index in [9.17, 15) is 9.59 Å². The Balaban J connectivity index is 2.95. The standard InChI is InChI=1S/C16H20O3/c1-5-19-15(18)12(2)11-16(3,4)14(17)13-9-7-6-8-10-13/h6-11H,5H2,1-4H3. The van der Waals surface area contributed by atoms with Crippen LogP contribution in [0.4, 0.5) is 0 Å². The fourth-order valence-corrected chi connectivity index (χ4v) is 1.87. The van der Waals surface area contributed by atoms with Crippen LogP contribution >= 0.6 is 0 Å². The summed E-state index contributed by atoms with van der Waals surface area (Å²) in [6, 6.07) is 9.06. The van der Waals surface area contributed by atoms with Crippen LogP contribution in [0.15, 0.2) is 42.0 Å². The van der Waals surface area contributed by atoms with Crippen LogP contribution in [0.5, 0.6) is 0 Å². The number of allylic oxidation sites excluding steroid dienone is 1. The number of ether oxygens (including phenoxy) is 1. The normalized spacial score (nSPS) is 12.1.